The largest absolute Gasteiger partial charge is 0.352 e. The maximum Gasteiger partial charge on any atom is 0.261 e. The van der Waals surface area contributed by atoms with Crippen molar-refractivity contribution in [3.8, 4) is 0 Å². The maximum atomic E-state index is 13.3. The first-order valence-corrected chi connectivity index (χ1v) is 14.5. The van der Waals surface area contributed by atoms with Crippen LogP contribution in [-0.4, -0.2) is 51.0 Å². The molecule has 0 saturated carbocycles. The van der Waals surface area contributed by atoms with E-state index in [0.29, 0.717) is 31.6 Å². The summed E-state index contributed by atoms with van der Waals surface area (Å²) in [7, 11) is -4.05. The number of carbonyl (C=O) groups excluding carboxylic acids is 2. The average Bonchev–Trinajstić information content (AvgIpc) is 3.44. The van der Waals surface area contributed by atoms with Crippen molar-refractivity contribution in [3.05, 3.63) is 89.5 Å². The summed E-state index contributed by atoms with van der Waals surface area (Å²) in [5.74, 6) is -0.529. The Morgan fingerprint density at radius 3 is 2.33 bits per heavy atom. The molecule has 3 aromatic rings. The van der Waals surface area contributed by atoms with Crippen molar-refractivity contribution >= 4 is 39.3 Å². The molecule has 1 aliphatic rings. The van der Waals surface area contributed by atoms with Crippen molar-refractivity contribution in [1.29, 1.82) is 0 Å². The molecule has 36 heavy (non-hydrogen) atoms. The van der Waals surface area contributed by atoms with Gasteiger partial charge < -0.3 is 10.2 Å². The smallest absolute Gasteiger partial charge is 0.261 e. The number of sulfonamides is 1. The number of amides is 2. The standard InChI is InChI=1S/C27H29N3O4S2/c1-35-25-14-13-21(19-23(25)27(32)30-17-7-8-18-30)36(33,34)29-24-12-6-5-11-22(24)26(31)28-16-15-20-9-3-2-4-10-20/h2-6,9-14,19,29H,7-8,15-18H2,1H3,(H,28,31). The van der Waals surface area contributed by atoms with Gasteiger partial charge in [0.05, 0.1) is 21.7 Å². The van der Waals surface area contributed by atoms with Gasteiger partial charge in [0.2, 0.25) is 0 Å². The van der Waals surface area contributed by atoms with Crippen LogP contribution in [0.15, 0.2) is 82.6 Å². The highest BCUT2D eigenvalue weighted by Gasteiger charge is 2.25. The lowest BCUT2D eigenvalue weighted by Gasteiger charge is -2.18. The molecule has 1 fully saturated rings. The van der Waals surface area contributed by atoms with Crippen molar-refractivity contribution in [2.45, 2.75) is 29.1 Å². The van der Waals surface area contributed by atoms with Gasteiger partial charge in [-0.05, 0) is 61.4 Å². The lowest BCUT2D eigenvalue weighted by Crippen LogP contribution is -2.28. The van der Waals surface area contributed by atoms with E-state index >= 15 is 0 Å². The first-order chi connectivity index (χ1) is 17.4. The molecular formula is C27H29N3O4S2. The predicted molar refractivity (Wildman–Crippen MR) is 143 cm³/mol. The number of likely N-dealkylation sites (tertiary alicyclic amines) is 1. The average molecular weight is 524 g/mol. The molecule has 0 aromatic heterocycles. The van der Waals surface area contributed by atoms with Gasteiger partial charge in [-0.1, -0.05) is 42.5 Å². The first-order valence-electron chi connectivity index (χ1n) is 11.8. The number of nitrogens with zero attached hydrogens (tertiary/aromatic N) is 1. The number of thioether (sulfide) groups is 1. The summed E-state index contributed by atoms with van der Waals surface area (Å²) >= 11 is 1.40. The molecule has 0 spiro atoms. The maximum absolute atomic E-state index is 13.3. The summed E-state index contributed by atoms with van der Waals surface area (Å²) in [5.41, 5.74) is 1.87. The monoisotopic (exact) mass is 523 g/mol. The molecule has 1 saturated heterocycles. The molecule has 2 amide bonds. The van der Waals surface area contributed by atoms with Gasteiger partial charge in [0, 0.05) is 24.5 Å². The summed E-state index contributed by atoms with van der Waals surface area (Å²) in [6, 6.07) is 20.8. The Morgan fingerprint density at radius 1 is 0.917 bits per heavy atom. The van der Waals surface area contributed by atoms with Gasteiger partial charge in [0.25, 0.3) is 21.8 Å². The van der Waals surface area contributed by atoms with Crippen LogP contribution in [0.1, 0.15) is 39.1 Å². The minimum absolute atomic E-state index is 0.0258. The second kappa shape index (κ2) is 11.6. The zero-order valence-electron chi connectivity index (χ0n) is 20.1. The van der Waals surface area contributed by atoms with Crippen molar-refractivity contribution < 1.29 is 18.0 Å². The van der Waals surface area contributed by atoms with Gasteiger partial charge >= 0.3 is 0 Å². The number of benzene rings is 3. The van der Waals surface area contributed by atoms with E-state index in [2.05, 4.69) is 10.0 Å². The Kier molecular flexibility index (Phi) is 8.32. The van der Waals surface area contributed by atoms with E-state index in [1.54, 1.807) is 35.2 Å². The van der Waals surface area contributed by atoms with E-state index in [1.807, 2.05) is 36.6 Å². The molecule has 1 aliphatic heterocycles. The van der Waals surface area contributed by atoms with E-state index in [-0.39, 0.29) is 28.0 Å². The highest BCUT2D eigenvalue weighted by atomic mass is 32.2. The van der Waals surface area contributed by atoms with E-state index in [4.69, 9.17) is 0 Å². The molecule has 0 radical (unpaired) electrons. The van der Waals surface area contributed by atoms with Gasteiger partial charge in [-0.15, -0.1) is 11.8 Å². The van der Waals surface area contributed by atoms with Crippen molar-refractivity contribution in [1.82, 2.24) is 10.2 Å². The summed E-state index contributed by atoms with van der Waals surface area (Å²) < 4.78 is 29.1. The van der Waals surface area contributed by atoms with Crippen LogP contribution in [0.3, 0.4) is 0 Å². The number of anilines is 1. The predicted octanol–water partition coefficient (Wildman–Crippen LogP) is 4.42. The van der Waals surface area contributed by atoms with Gasteiger partial charge in [-0.2, -0.15) is 0 Å². The zero-order chi connectivity index (χ0) is 25.5. The van der Waals surface area contributed by atoms with Crippen LogP contribution in [0.5, 0.6) is 0 Å². The lowest BCUT2D eigenvalue weighted by atomic mass is 10.1. The summed E-state index contributed by atoms with van der Waals surface area (Å²) in [5, 5.41) is 2.86. The number of carbonyl (C=O) groups is 2. The van der Waals surface area contributed by atoms with Crippen molar-refractivity contribution in [3.63, 3.8) is 0 Å². The fourth-order valence-electron chi connectivity index (χ4n) is 4.15. The number of hydrogen-bond donors (Lipinski definition) is 2. The highest BCUT2D eigenvalue weighted by molar-refractivity contribution is 7.98. The molecule has 0 atom stereocenters. The number of para-hydroxylation sites is 1. The molecule has 4 rings (SSSR count). The SMILES string of the molecule is CSc1ccc(S(=O)(=O)Nc2ccccc2C(=O)NCCc2ccccc2)cc1C(=O)N1CCCC1. The third kappa shape index (κ3) is 6.09. The Labute approximate surface area is 216 Å². The first kappa shape index (κ1) is 25.8. The van der Waals surface area contributed by atoms with E-state index in [0.717, 1.165) is 23.3 Å². The number of nitrogens with one attached hydrogen (secondary N) is 2. The molecule has 188 valence electrons. The van der Waals surface area contributed by atoms with E-state index < -0.39 is 10.0 Å². The molecule has 0 unspecified atom stereocenters. The van der Waals surface area contributed by atoms with Crippen LogP contribution in [0.4, 0.5) is 5.69 Å². The fraction of sp³-hybridized carbons (Fsp3) is 0.259. The van der Waals surface area contributed by atoms with Gasteiger partial charge in [0.1, 0.15) is 0 Å². The third-order valence-corrected chi connectivity index (χ3v) is 8.22. The third-order valence-electron chi connectivity index (χ3n) is 6.06. The molecule has 2 N–H and O–H groups in total. The summed E-state index contributed by atoms with van der Waals surface area (Å²) in [6.07, 6.45) is 4.42. The van der Waals surface area contributed by atoms with Crippen molar-refractivity contribution in [2.75, 3.05) is 30.6 Å². The second-order valence-electron chi connectivity index (χ2n) is 8.50. The van der Waals surface area contributed by atoms with Gasteiger partial charge in [-0.3, -0.25) is 14.3 Å². The Hall–Kier alpha value is -3.30. The summed E-state index contributed by atoms with van der Waals surface area (Å²) in [4.78, 5) is 28.4. The Bertz CT molecular complexity index is 1340. The Balaban J connectivity index is 1.52. The number of hydrogen-bond acceptors (Lipinski definition) is 5. The van der Waals surface area contributed by atoms with E-state index in [9.17, 15) is 18.0 Å². The topological polar surface area (TPSA) is 95.6 Å². The second-order valence-corrected chi connectivity index (χ2v) is 11.0. The quantitative estimate of drug-likeness (QED) is 0.405. The molecule has 7 nitrogen and oxygen atoms in total. The van der Waals surface area contributed by atoms with Crippen LogP contribution in [-0.2, 0) is 16.4 Å². The fourth-order valence-corrected chi connectivity index (χ4v) is 5.82. The molecule has 3 aromatic carbocycles. The van der Waals surface area contributed by atoms with Crippen LogP contribution in [0, 0.1) is 0 Å². The molecule has 0 aliphatic carbocycles. The molecule has 9 heteroatoms. The lowest BCUT2D eigenvalue weighted by molar-refractivity contribution is 0.0788. The number of rotatable bonds is 9. The van der Waals surface area contributed by atoms with Crippen LogP contribution in [0.25, 0.3) is 0 Å². The highest BCUT2D eigenvalue weighted by Crippen LogP contribution is 2.28. The molecule has 1 heterocycles. The zero-order valence-corrected chi connectivity index (χ0v) is 21.7. The van der Waals surface area contributed by atoms with Crippen LogP contribution < -0.4 is 10.0 Å². The normalized spacial score (nSPS) is 13.4. The molecule has 0 bridgehead atoms. The minimum atomic E-state index is -4.05. The van der Waals surface area contributed by atoms with E-state index in [1.165, 1.54) is 23.9 Å². The van der Waals surface area contributed by atoms with Crippen LogP contribution in [0.2, 0.25) is 0 Å². The molecular weight excluding hydrogens is 494 g/mol. The summed E-state index contributed by atoms with van der Waals surface area (Å²) in [6.45, 7) is 1.77. The minimum Gasteiger partial charge on any atom is -0.352 e. The Morgan fingerprint density at radius 2 is 1.61 bits per heavy atom. The van der Waals surface area contributed by atoms with Gasteiger partial charge in [0.15, 0.2) is 0 Å². The van der Waals surface area contributed by atoms with Gasteiger partial charge in [-0.25, -0.2) is 8.42 Å². The van der Waals surface area contributed by atoms with Crippen LogP contribution >= 0.6 is 11.8 Å². The van der Waals surface area contributed by atoms with Crippen molar-refractivity contribution in [2.24, 2.45) is 0 Å².